The minimum absolute atomic E-state index is 0.00527. The SMILES string of the molecule is COc1cc(C=C(C#N)C(=O)Nc2sc3c(c2C#N)CCCC3)cc(Br)c1OCc1ccccc1F. The number of hydrogen-bond acceptors (Lipinski definition) is 6. The zero-order valence-electron chi connectivity index (χ0n) is 19.4. The second kappa shape index (κ2) is 11.4. The Bertz CT molecular complexity index is 1440. The molecule has 1 heterocycles. The number of amides is 1. The average molecular weight is 566 g/mol. The Hall–Kier alpha value is -3.66. The number of methoxy groups -OCH3 is 1. The molecule has 0 fully saturated rings. The number of carbonyl (C=O) groups is 1. The molecular formula is C27H21BrFN3O3S. The van der Waals surface area contributed by atoms with Crippen molar-refractivity contribution in [3.63, 3.8) is 0 Å². The van der Waals surface area contributed by atoms with Gasteiger partial charge in [-0.3, -0.25) is 4.79 Å². The average Bonchev–Trinajstić information content (AvgIpc) is 3.23. The van der Waals surface area contributed by atoms with Crippen LogP contribution in [0.4, 0.5) is 9.39 Å². The number of anilines is 1. The summed E-state index contributed by atoms with van der Waals surface area (Å²) in [4.78, 5) is 14.0. The standard InChI is InChI=1S/C27H21BrFN3O3S/c1-34-23-12-16(11-21(28)25(23)35-15-17-6-2-4-8-22(17)29)10-18(13-30)26(33)32-27-20(14-31)19-7-3-5-9-24(19)36-27/h2,4,6,8,10-12H,3,5,7,9,15H2,1H3,(H,32,33). The van der Waals surface area contributed by atoms with Crippen molar-refractivity contribution in [2.24, 2.45) is 0 Å². The molecule has 1 amide bonds. The fourth-order valence-corrected chi connectivity index (χ4v) is 5.80. The molecule has 0 saturated carbocycles. The van der Waals surface area contributed by atoms with E-state index in [0.29, 0.717) is 37.7 Å². The van der Waals surface area contributed by atoms with E-state index in [1.807, 2.05) is 6.07 Å². The summed E-state index contributed by atoms with van der Waals surface area (Å²) in [5.74, 6) is -0.253. The number of rotatable bonds is 7. The number of fused-ring (bicyclic) bond motifs is 1. The number of nitrogens with zero attached hydrogens (tertiary/aromatic N) is 2. The van der Waals surface area contributed by atoms with Crippen LogP contribution in [0.2, 0.25) is 0 Å². The number of hydrogen-bond donors (Lipinski definition) is 1. The van der Waals surface area contributed by atoms with E-state index in [2.05, 4.69) is 27.3 Å². The molecule has 1 aliphatic rings. The molecule has 3 aromatic rings. The van der Waals surface area contributed by atoms with Gasteiger partial charge < -0.3 is 14.8 Å². The molecule has 0 radical (unpaired) electrons. The molecule has 36 heavy (non-hydrogen) atoms. The Morgan fingerprint density at radius 2 is 2.03 bits per heavy atom. The van der Waals surface area contributed by atoms with Crippen molar-refractivity contribution >= 4 is 44.3 Å². The summed E-state index contributed by atoms with van der Waals surface area (Å²) in [6, 6.07) is 13.8. The Morgan fingerprint density at radius 3 is 2.75 bits per heavy atom. The summed E-state index contributed by atoms with van der Waals surface area (Å²) in [5, 5.41) is 22.5. The van der Waals surface area contributed by atoms with Gasteiger partial charge in [-0.15, -0.1) is 11.3 Å². The first-order valence-electron chi connectivity index (χ1n) is 11.2. The van der Waals surface area contributed by atoms with Crippen molar-refractivity contribution in [3.05, 3.63) is 79.4 Å². The molecule has 0 atom stereocenters. The summed E-state index contributed by atoms with van der Waals surface area (Å²) in [5.41, 5.74) is 2.28. The molecule has 6 nitrogen and oxygen atoms in total. The molecular weight excluding hydrogens is 545 g/mol. The largest absolute Gasteiger partial charge is 0.493 e. The number of thiophene rings is 1. The zero-order chi connectivity index (χ0) is 25.7. The lowest BCUT2D eigenvalue weighted by Gasteiger charge is -2.14. The van der Waals surface area contributed by atoms with Crippen LogP contribution in [-0.4, -0.2) is 13.0 Å². The fourth-order valence-electron chi connectivity index (χ4n) is 3.99. The predicted molar refractivity (Wildman–Crippen MR) is 139 cm³/mol. The maximum Gasteiger partial charge on any atom is 0.266 e. The first-order valence-corrected chi connectivity index (χ1v) is 12.8. The fraction of sp³-hybridized carbons (Fsp3) is 0.222. The van der Waals surface area contributed by atoms with Gasteiger partial charge in [0.2, 0.25) is 0 Å². The molecule has 1 N–H and O–H groups in total. The number of benzene rings is 2. The molecule has 0 spiro atoms. The van der Waals surface area contributed by atoms with Gasteiger partial charge in [0, 0.05) is 10.4 Å². The van der Waals surface area contributed by atoms with E-state index in [-0.39, 0.29) is 18.0 Å². The van der Waals surface area contributed by atoms with Crippen LogP contribution >= 0.6 is 27.3 Å². The van der Waals surface area contributed by atoms with Crippen LogP contribution < -0.4 is 14.8 Å². The Labute approximate surface area is 220 Å². The van der Waals surface area contributed by atoms with Gasteiger partial charge in [-0.05, 0) is 77.0 Å². The minimum Gasteiger partial charge on any atom is -0.493 e. The van der Waals surface area contributed by atoms with Crippen LogP contribution in [0.5, 0.6) is 11.5 Å². The van der Waals surface area contributed by atoms with Crippen molar-refractivity contribution in [1.82, 2.24) is 0 Å². The Morgan fingerprint density at radius 1 is 1.25 bits per heavy atom. The van der Waals surface area contributed by atoms with Crippen molar-refractivity contribution in [3.8, 4) is 23.6 Å². The van der Waals surface area contributed by atoms with Gasteiger partial charge in [-0.2, -0.15) is 10.5 Å². The Kier molecular flexibility index (Phi) is 8.04. The van der Waals surface area contributed by atoms with Crippen molar-refractivity contribution in [2.45, 2.75) is 32.3 Å². The molecule has 182 valence electrons. The molecule has 0 saturated heterocycles. The second-order valence-corrected chi connectivity index (χ2v) is 10.0. The van der Waals surface area contributed by atoms with Gasteiger partial charge in [0.15, 0.2) is 11.5 Å². The van der Waals surface area contributed by atoms with Gasteiger partial charge in [0.05, 0.1) is 17.1 Å². The van der Waals surface area contributed by atoms with Crippen molar-refractivity contribution in [1.29, 1.82) is 10.5 Å². The van der Waals surface area contributed by atoms with Crippen LogP contribution in [0.25, 0.3) is 6.08 Å². The van der Waals surface area contributed by atoms with Gasteiger partial charge in [0.1, 0.15) is 35.1 Å². The molecule has 1 aromatic heterocycles. The van der Waals surface area contributed by atoms with E-state index < -0.39 is 5.91 Å². The van der Waals surface area contributed by atoms with Gasteiger partial charge >= 0.3 is 0 Å². The highest BCUT2D eigenvalue weighted by Gasteiger charge is 2.23. The van der Waals surface area contributed by atoms with Crippen molar-refractivity contribution < 1.29 is 18.7 Å². The summed E-state index contributed by atoms with van der Waals surface area (Å²) < 4.78 is 25.7. The van der Waals surface area contributed by atoms with Gasteiger partial charge in [-0.25, -0.2) is 4.39 Å². The van der Waals surface area contributed by atoms with Crippen LogP contribution in [0.15, 0.2) is 46.4 Å². The summed E-state index contributed by atoms with van der Waals surface area (Å²) in [6.45, 7) is -0.00527. The van der Waals surface area contributed by atoms with Crippen LogP contribution in [0, 0.1) is 28.5 Å². The highest BCUT2D eigenvalue weighted by atomic mass is 79.9. The van der Waals surface area contributed by atoms with Gasteiger partial charge in [0.25, 0.3) is 5.91 Å². The molecule has 0 aliphatic heterocycles. The number of carbonyl (C=O) groups excluding carboxylic acids is 1. The summed E-state index contributed by atoms with van der Waals surface area (Å²) in [7, 11) is 1.46. The van der Waals surface area contributed by atoms with Crippen LogP contribution in [-0.2, 0) is 24.2 Å². The maximum absolute atomic E-state index is 14.0. The lowest BCUT2D eigenvalue weighted by Crippen LogP contribution is -2.13. The summed E-state index contributed by atoms with van der Waals surface area (Å²) in [6.07, 6.45) is 5.23. The smallest absolute Gasteiger partial charge is 0.266 e. The molecule has 0 unspecified atom stereocenters. The van der Waals surface area contributed by atoms with E-state index in [4.69, 9.17) is 9.47 Å². The third-order valence-corrected chi connectivity index (χ3v) is 7.56. The molecule has 9 heteroatoms. The topological polar surface area (TPSA) is 95.1 Å². The predicted octanol–water partition coefficient (Wildman–Crippen LogP) is 6.53. The number of ether oxygens (including phenoxy) is 2. The maximum atomic E-state index is 14.0. The molecule has 1 aliphatic carbocycles. The van der Waals surface area contributed by atoms with E-state index in [0.717, 1.165) is 36.1 Å². The Balaban J connectivity index is 1.56. The number of halogens is 2. The molecule has 0 bridgehead atoms. The monoisotopic (exact) mass is 565 g/mol. The molecule has 4 rings (SSSR count). The molecule has 2 aromatic carbocycles. The third-order valence-electron chi connectivity index (χ3n) is 5.77. The summed E-state index contributed by atoms with van der Waals surface area (Å²) >= 11 is 4.84. The van der Waals surface area contributed by atoms with E-state index >= 15 is 0 Å². The highest BCUT2D eigenvalue weighted by Crippen LogP contribution is 2.39. The first-order chi connectivity index (χ1) is 17.4. The quantitative estimate of drug-likeness (QED) is 0.259. The van der Waals surface area contributed by atoms with E-state index in [9.17, 15) is 19.7 Å². The first kappa shape index (κ1) is 25.4. The van der Waals surface area contributed by atoms with Crippen LogP contribution in [0.3, 0.4) is 0 Å². The lowest BCUT2D eigenvalue weighted by molar-refractivity contribution is -0.112. The third kappa shape index (κ3) is 5.43. The minimum atomic E-state index is -0.595. The number of nitrogens with one attached hydrogen (secondary N) is 1. The van der Waals surface area contributed by atoms with Gasteiger partial charge in [-0.1, -0.05) is 18.2 Å². The zero-order valence-corrected chi connectivity index (χ0v) is 21.8. The van der Waals surface area contributed by atoms with E-state index in [1.54, 1.807) is 30.3 Å². The highest BCUT2D eigenvalue weighted by molar-refractivity contribution is 9.10. The number of nitriles is 2. The lowest BCUT2D eigenvalue weighted by atomic mass is 9.96. The normalized spacial score (nSPS) is 12.8. The van der Waals surface area contributed by atoms with Crippen molar-refractivity contribution in [2.75, 3.05) is 12.4 Å². The van der Waals surface area contributed by atoms with E-state index in [1.165, 1.54) is 30.6 Å². The second-order valence-electron chi connectivity index (χ2n) is 8.06. The van der Waals surface area contributed by atoms with Crippen LogP contribution in [0.1, 0.15) is 40.0 Å². The number of aryl methyl sites for hydroxylation is 1.